The zero-order valence-corrected chi connectivity index (χ0v) is 18.5. The number of carbonyl (C=O) groups excluding carboxylic acids is 2. The van der Waals surface area contributed by atoms with Crippen LogP contribution in [0.5, 0.6) is 0 Å². The lowest BCUT2D eigenvalue weighted by atomic mass is 9.93. The highest BCUT2D eigenvalue weighted by Gasteiger charge is 2.19. The SMILES string of the molecule is Cc1ccc(C(=O)COC(=O)Cc2c(C)nc3ccccc3c2-c2ccccc2)cc1C. The molecule has 0 saturated carbocycles. The van der Waals surface area contributed by atoms with Crippen LogP contribution >= 0.6 is 0 Å². The van der Waals surface area contributed by atoms with Crippen LogP contribution in [-0.2, 0) is 16.0 Å². The third-order valence-corrected chi connectivity index (χ3v) is 5.78. The number of para-hydroxylation sites is 1. The average Bonchev–Trinajstić information content (AvgIpc) is 2.80. The molecule has 4 aromatic rings. The monoisotopic (exact) mass is 423 g/mol. The summed E-state index contributed by atoms with van der Waals surface area (Å²) < 4.78 is 5.37. The second-order valence-electron chi connectivity index (χ2n) is 7.99. The van der Waals surface area contributed by atoms with Gasteiger partial charge in [-0.2, -0.15) is 0 Å². The first kappa shape index (κ1) is 21.4. The number of esters is 1. The van der Waals surface area contributed by atoms with Gasteiger partial charge in [-0.25, -0.2) is 0 Å². The predicted molar refractivity (Wildman–Crippen MR) is 127 cm³/mol. The largest absolute Gasteiger partial charge is 0.457 e. The van der Waals surface area contributed by atoms with E-state index in [0.29, 0.717) is 5.56 Å². The molecule has 4 heteroatoms. The van der Waals surface area contributed by atoms with Gasteiger partial charge in [0.05, 0.1) is 11.9 Å². The molecule has 4 nitrogen and oxygen atoms in total. The van der Waals surface area contributed by atoms with Crippen LogP contribution in [0, 0.1) is 20.8 Å². The number of Topliss-reactive ketones (excluding diaryl/α,β-unsaturated/α-hetero) is 1. The van der Waals surface area contributed by atoms with Crippen molar-refractivity contribution in [3.63, 3.8) is 0 Å². The second kappa shape index (κ2) is 9.15. The Hall–Kier alpha value is -3.79. The molecule has 0 aliphatic rings. The van der Waals surface area contributed by atoms with Gasteiger partial charge in [-0.05, 0) is 60.7 Å². The number of nitrogens with zero attached hydrogens (tertiary/aromatic N) is 1. The molecule has 4 rings (SSSR count). The summed E-state index contributed by atoms with van der Waals surface area (Å²) >= 11 is 0. The fourth-order valence-corrected chi connectivity index (χ4v) is 3.86. The highest BCUT2D eigenvalue weighted by molar-refractivity contribution is 5.99. The highest BCUT2D eigenvalue weighted by atomic mass is 16.5. The van der Waals surface area contributed by atoms with Crippen LogP contribution in [0.1, 0.15) is 32.7 Å². The molecule has 0 fully saturated rings. The van der Waals surface area contributed by atoms with Crippen LogP contribution in [0.3, 0.4) is 0 Å². The number of ketones is 1. The summed E-state index contributed by atoms with van der Waals surface area (Å²) in [5.74, 6) is -0.655. The van der Waals surface area contributed by atoms with Gasteiger partial charge >= 0.3 is 5.97 Å². The first-order chi connectivity index (χ1) is 15.4. The van der Waals surface area contributed by atoms with Gasteiger partial charge < -0.3 is 4.74 Å². The number of fused-ring (bicyclic) bond motifs is 1. The van der Waals surface area contributed by atoms with Crippen LogP contribution in [0.25, 0.3) is 22.0 Å². The van der Waals surface area contributed by atoms with Gasteiger partial charge in [0.15, 0.2) is 12.4 Å². The summed E-state index contributed by atoms with van der Waals surface area (Å²) in [5.41, 5.74) is 7.17. The standard InChI is InChI=1S/C28H25NO3/c1-18-13-14-22(15-19(18)2)26(30)17-32-27(31)16-24-20(3)29-25-12-8-7-11-23(25)28(24)21-9-5-4-6-10-21/h4-15H,16-17H2,1-3H3. The molecule has 32 heavy (non-hydrogen) atoms. The second-order valence-corrected chi connectivity index (χ2v) is 7.99. The fraction of sp³-hybridized carbons (Fsp3) is 0.179. The molecule has 1 aromatic heterocycles. The molecule has 0 saturated heterocycles. The Kier molecular flexibility index (Phi) is 6.13. The molecular weight excluding hydrogens is 398 g/mol. The molecule has 0 N–H and O–H groups in total. The third kappa shape index (κ3) is 4.45. The molecular formula is C28H25NO3. The maximum atomic E-state index is 12.7. The predicted octanol–water partition coefficient (Wildman–Crippen LogP) is 5.80. The van der Waals surface area contributed by atoms with Gasteiger partial charge in [0.1, 0.15) is 0 Å². The van der Waals surface area contributed by atoms with Crippen LogP contribution in [0.2, 0.25) is 0 Å². The van der Waals surface area contributed by atoms with Crippen molar-refractivity contribution in [1.29, 1.82) is 0 Å². The normalized spacial score (nSPS) is 10.8. The summed E-state index contributed by atoms with van der Waals surface area (Å²) in [6, 6.07) is 23.4. The smallest absolute Gasteiger partial charge is 0.310 e. The number of pyridine rings is 1. The summed E-state index contributed by atoms with van der Waals surface area (Å²) in [4.78, 5) is 29.9. The minimum atomic E-state index is -0.445. The van der Waals surface area contributed by atoms with E-state index in [0.717, 1.165) is 44.4 Å². The van der Waals surface area contributed by atoms with E-state index >= 15 is 0 Å². The van der Waals surface area contributed by atoms with Crippen LogP contribution in [0.4, 0.5) is 0 Å². The molecule has 160 valence electrons. The molecule has 0 radical (unpaired) electrons. The van der Waals surface area contributed by atoms with Crippen LogP contribution in [-0.4, -0.2) is 23.3 Å². The third-order valence-electron chi connectivity index (χ3n) is 5.78. The lowest BCUT2D eigenvalue weighted by Gasteiger charge is -2.15. The first-order valence-electron chi connectivity index (χ1n) is 10.6. The number of rotatable bonds is 6. The quantitative estimate of drug-likeness (QED) is 0.291. The Labute approximate surface area is 187 Å². The van der Waals surface area contributed by atoms with Gasteiger partial charge in [0, 0.05) is 16.6 Å². The molecule has 0 aliphatic heterocycles. The van der Waals surface area contributed by atoms with Crippen molar-refractivity contribution >= 4 is 22.7 Å². The van der Waals surface area contributed by atoms with E-state index in [1.165, 1.54) is 0 Å². The minimum absolute atomic E-state index is 0.0497. The Balaban J connectivity index is 1.60. The topological polar surface area (TPSA) is 56.3 Å². The van der Waals surface area contributed by atoms with Gasteiger partial charge in [-0.3, -0.25) is 14.6 Å². The maximum absolute atomic E-state index is 12.7. The Morgan fingerprint density at radius 3 is 2.31 bits per heavy atom. The molecule has 1 heterocycles. The average molecular weight is 424 g/mol. The van der Waals surface area contributed by atoms with E-state index < -0.39 is 5.97 Å². The van der Waals surface area contributed by atoms with Crippen molar-refractivity contribution in [2.75, 3.05) is 6.61 Å². The van der Waals surface area contributed by atoms with Gasteiger partial charge in [0.25, 0.3) is 0 Å². The summed E-state index contributed by atoms with van der Waals surface area (Å²) in [5, 5.41) is 0.985. The number of hydrogen-bond donors (Lipinski definition) is 0. The maximum Gasteiger partial charge on any atom is 0.310 e. The minimum Gasteiger partial charge on any atom is -0.457 e. The highest BCUT2D eigenvalue weighted by Crippen LogP contribution is 2.33. The fourth-order valence-electron chi connectivity index (χ4n) is 3.86. The van der Waals surface area contributed by atoms with E-state index in [-0.39, 0.29) is 18.8 Å². The summed E-state index contributed by atoms with van der Waals surface area (Å²) in [6.07, 6.45) is 0.0497. The van der Waals surface area contributed by atoms with Crippen molar-refractivity contribution in [1.82, 2.24) is 4.98 Å². The van der Waals surface area contributed by atoms with E-state index in [9.17, 15) is 9.59 Å². The number of ether oxygens (including phenoxy) is 1. The van der Waals surface area contributed by atoms with Gasteiger partial charge in [0.2, 0.25) is 0 Å². The number of benzene rings is 3. The van der Waals surface area contributed by atoms with Crippen molar-refractivity contribution in [3.8, 4) is 11.1 Å². The zero-order chi connectivity index (χ0) is 22.7. The molecule has 3 aromatic carbocycles. The van der Waals surface area contributed by atoms with E-state index in [1.807, 2.05) is 87.5 Å². The number of hydrogen-bond acceptors (Lipinski definition) is 4. The van der Waals surface area contributed by atoms with E-state index in [4.69, 9.17) is 9.72 Å². The van der Waals surface area contributed by atoms with E-state index in [1.54, 1.807) is 6.07 Å². The Morgan fingerprint density at radius 2 is 1.56 bits per heavy atom. The lowest BCUT2D eigenvalue weighted by Crippen LogP contribution is -2.17. The number of carbonyl (C=O) groups is 2. The first-order valence-corrected chi connectivity index (χ1v) is 10.6. The van der Waals surface area contributed by atoms with Crippen molar-refractivity contribution in [2.24, 2.45) is 0 Å². The molecule has 0 unspecified atom stereocenters. The van der Waals surface area contributed by atoms with Gasteiger partial charge in [-0.15, -0.1) is 0 Å². The Bertz CT molecular complexity index is 1310. The molecule has 0 atom stereocenters. The number of aryl methyl sites for hydroxylation is 3. The summed E-state index contributed by atoms with van der Waals surface area (Å²) in [6.45, 7) is 5.58. The molecule has 0 aliphatic carbocycles. The van der Waals surface area contributed by atoms with Crippen molar-refractivity contribution in [2.45, 2.75) is 27.2 Å². The summed E-state index contributed by atoms with van der Waals surface area (Å²) in [7, 11) is 0. The Morgan fingerprint density at radius 1 is 0.844 bits per heavy atom. The van der Waals surface area contributed by atoms with Crippen molar-refractivity contribution in [3.05, 3.63) is 101 Å². The van der Waals surface area contributed by atoms with Crippen LogP contribution < -0.4 is 0 Å². The van der Waals surface area contributed by atoms with Crippen LogP contribution in [0.15, 0.2) is 72.8 Å². The zero-order valence-electron chi connectivity index (χ0n) is 18.5. The van der Waals surface area contributed by atoms with Crippen molar-refractivity contribution < 1.29 is 14.3 Å². The number of aromatic nitrogens is 1. The molecule has 0 spiro atoms. The molecule has 0 amide bonds. The van der Waals surface area contributed by atoms with E-state index in [2.05, 4.69) is 0 Å². The van der Waals surface area contributed by atoms with Gasteiger partial charge in [-0.1, -0.05) is 60.7 Å². The molecule has 0 bridgehead atoms. The lowest BCUT2D eigenvalue weighted by molar-refractivity contribution is -0.141.